The van der Waals surface area contributed by atoms with Crippen LogP contribution >= 0.6 is 11.8 Å². The zero-order valence-electron chi connectivity index (χ0n) is 12.6. The van der Waals surface area contributed by atoms with Gasteiger partial charge in [-0.15, -0.1) is 11.8 Å². The zero-order valence-corrected chi connectivity index (χ0v) is 13.4. The van der Waals surface area contributed by atoms with E-state index in [0.29, 0.717) is 17.7 Å². The lowest BCUT2D eigenvalue weighted by Gasteiger charge is -2.17. The Morgan fingerprint density at radius 3 is 2.88 bits per heavy atom. The normalized spacial score (nSPS) is 15.0. The molecule has 0 spiro atoms. The number of ether oxygens (including phenoxy) is 1. The highest BCUT2D eigenvalue weighted by molar-refractivity contribution is 7.99. The van der Waals surface area contributed by atoms with Gasteiger partial charge in [-0.2, -0.15) is 5.10 Å². The molecule has 0 atom stereocenters. The first-order chi connectivity index (χ1) is 11.6. The van der Waals surface area contributed by atoms with E-state index in [1.807, 2.05) is 0 Å². The fourth-order valence-corrected chi connectivity index (χ4v) is 3.24. The molecule has 0 bridgehead atoms. The van der Waals surface area contributed by atoms with Gasteiger partial charge in [-0.3, -0.25) is 4.79 Å². The lowest BCUT2D eigenvalue weighted by Crippen LogP contribution is -2.26. The molecule has 1 aliphatic rings. The van der Waals surface area contributed by atoms with Crippen molar-refractivity contribution >= 4 is 23.4 Å². The molecule has 2 aromatic rings. The summed E-state index contributed by atoms with van der Waals surface area (Å²) in [5, 5.41) is 4.08. The maximum absolute atomic E-state index is 13.4. The standard InChI is InChI=1S/C17H14F2N2O2S/c18-11-2-1-3-13(8-11)23-10-17(22)21-20-15-6-7-24-16-5-4-12(19)9-14(15)16/h1-5,8-9H,6-7,10H2,(H,21,22)/b20-15-. The van der Waals surface area contributed by atoms with E-state index in [1.165, 1.54) is 30.3 Å². The van der Waals surface area contributed by atoms with Crippen LogP contribution in [-0.2, 0) is 4.79 Å². The van der Waals surface area contributed by atoms with Gasteiger partial charge < -0.3 is 4.74 Å². The lowest BCUT2D eigenvalue weighted by atomic mass is 10.1. The molecular weight excluding hydrogens is 334 g/mol. The van der Waals surface area contributed by atoms with E-state index in [0.717, 1.165) is 10.6 Å². The largest absolute Gasteiger partial charge is 0.484 e. The first kappa shape index (κ1) is 16.4. The van der Waals surface area contributed by atoms with Crippen molar-refractivity contribution in [2.24, 2.45) is 5.10 Å². The smallest absolute Gasteiger partial charge is 0.277 e. The molecule has 0 radical (unpaired) electrons. The van der Waals surface area contributed by atoms with Crippen LogP contribution in [0.1, 0.15) is 12.0 Å². The average Bonchev–Trinajstić information content (AvgIpc) is 2.58. The van der Waals surface area contributed by atoms with E-state index in [9.17, 15) is 13.6 Å². The minimum absolute atomic E-state index is 0.263. The van der Waals surface area contributed by atoms with Gasteiger partial charge in [0.15, 0.2) is 6.61 Å². The summed E-state index contributed by atoms with van der Waals surface area (Å²) in [5.41, 5.74) is 3.72. The molecule has 4 nitrogen and oxygen atoms in total. The van der Waals surface area contributed by atoms with Crippen molar-refractivity contribution in [1.82, 2.24) is 5.43 Å². The van der Waals surface area contributed by atoms with Crippen LogP contribution in [0.2, 0.25) is 0 Å². The topological polar surface area (TPSA) is 50.7 Å². The van der Waals surface area contributed by atoms with E-state index in [4.69, 9.17) is 4.74 Å². The molecule has 7 heteroatoms. The van der Waals surface area contributed by atoms with E-state index >= 15 is 0 Å². The highest BCUT2D eigenvalue weighted by Gasteiger charge is 2.17. The number of halogens is 2. The number of thioether (sulfide) groups is 1. The monoisotopic (exact) mass is 348 g/mol. The molecule has 1 heterocycles. The predicted molar refractivity (Wildman–Crippen MR) is 88.3 cm³/mol. The summed E-state index contributed by atoms with van der Waals surface area (Å²) in [6, 6.07) is 10.1. The Morgan fingerprint density at radius 1 is 1.21 bits per heavy atom. The average molecular weight is 348 g/mol. The minimum atomic E-state index is -0.469. The summed E-state index contributed by atoms with van der Waals surface area (Å²) >= 11 is 1.62. The summed E-state index contributed by atoms with van der Waals surface area (Å²) in [6.45, 7) is -0.287. The first-order valence-corrected chi connectivity index (χ1v) is 8.27. The quantitative estimate of drug-likeness (QED) is 0.862. The second-order valence-electron chi connectivity index (χ2n) is 5.08. The van der Waals surface area contributed by atoms with Crippen molar-refractivity contribution in [1.29, 1.82) is 0 Å². The third kappa shape index (κ3) is 4.11. The molecule has 1 aliphatic heterocycles. The Kier molecular flexibility index (Phi) is 5.10. The fraction of sp³-hybridized carbons (Fsp3) is 0.176. The molecule has 0 aromatic heterocycles. The summed E-state index contributed by atoms with van der Waals surface area (Å²) < 4.78 is 31.6. The van der Waals surface area contributed by atoms with Crippen LogP contribution < -0.4 is 10.2 Å². The summed E-state index contributed by atoms with van der Waals surface area (Å²) in [5.74, 6) is -0.175. The molecule has 0 unspecified atom stereocenters. The van der Waals surface area contributed by atoms with Crippen molar-refractivity contribution in [3.8, 4) is 5.75 Å². The molecule has 3 rings (SSSR count). The Balaban J connectivity index is 1.62. The van der Waals surface area contributed by atoms with Crippen molar-refractivity contribution in [3.63, 3.8) is 0 Å². The number of carbonyl (C=O) groups is 1. The zero-order chi connectivity index (χ0) is 16.9. The maximum atomic E-state index is 13.4. The highest BCUT2D eigenvalue weighted by Crippen LogP contribution is 2.30. The number of nitrogens with zero attached hydrogens (tertiary/aromatic N) is 1. The van der Waals surface area contributed by atoms with Gasteiger partial charge in [0, 0.05) is 28.7 Å². The minimum Gasteiger partial charge on any atom is -0.484 e. The number of rotatable bonds is 4. The third-order valence-electron chi connectivity index (χ3n) is 3.33. The maximum Gasteiger partial charge on any atom is 0.277 e. The number of hydrogen-bond donors (Lipinski definition) is 1. The Hall–Kier alpha value is -2.41. The molecule has 124 valence electrons. The van der Waals surface area contributed by atoms with Crippen molar-refractivity contribution < 1.29 is 18.3 Å². The molecule has 1 N–H and O–H groups in total. The number of hydrogen-bond acceptors (Lipinski definition) is 4. The fourth-order valence-electron chi connectivity index (χ4n) is 2.23. The van der Waals surface area contributed by atoms with Crippen LogP contribution in [0.15, 0.2) is 52.5 Å². The van der Waals surface area contributed by atoms with Gasteiger partial charge in [-0.25, -0.2) is 14.2 Å². The lowest BCUT2D eigenvalue weighted by molar-refractivity contribution is -0.123. The highest BCUT2D eigenvalue weighted by atomic mass is 32.2. The van der Waals surface area contributed by atoms with Gasteiger partial charge in [0.05, 0.1) is 5.71 Å². The van der Waals surface area contributed by atoms with E-state index in [2.05, 4.69) is 10.5 Å². The number of hydrazone groups is 1. The number of fused-ring (bicyclic) bond motifs is 1. The number of benzene rings is 2. The van der Waals surface area contributed by atoms with E-state index in [1.54, 1.807) is 23.9 Å². The molecular formula is C17H14F2N2O2S. The second kappa shape index (κ2) is 7.44. The SMILES string of the molecule is O=C(COc1cccc(F)c1)N/N=C1/CCSc2ccc(F)cc21. The summed E-state index contributed by atoms with van der Waals surface area (Å²) in [6.07, 6.45) is 0.631. The van der Waals surface area contributed by atoms with E-state index in [-0.39, 0.29) is 18.2 Å². The molecule has 0 saturated heterocycles. The Morgan fingerprint density at radius 2 is 2.04 bits per heavy atom. The molecule has 0 aliphatic carbocycles. The molecule has 0 saturated carbocycles. The van der Waals surface area contributed by atoms with Crippen LogP contribution in [-0.4, -0.2) is 24.0 Å². The van der Waals surface area contributed by atoms with Crippen LogP contribution in [0.3, 0.4) is 0 Å². The van der Waals surface area contributed by atoms with Gasteiger partial charge >= 0.3 is 0 Å². The Bertz CT molecular complexity index is 796. The van der Waals surface area contributed by atoms with Crippen molar-refractivity contribution in [3.05, 3.63) is 59.7 Å². The number of nitrogens with one attached hydrogen (secondary N) is 1. The predicted octanol–water partition coefficient (Wildman–Crippen LogP) is 3.36. The van der Waals surface area contributed by atoms with Crippen LogP contribution in [0, 0.1) is 11.6 Å². The van der Waals surface area contributed by atoms with Gasteiger partial charge in [-0.1, -0.05) is 6.07 Å². The van der Waals surface area contributed by atoms with Crippen LogP contribution in [0.4, 0.5) is 8.78 Å². The third-order valence-corrected chi connectivity index (χ3v) is 4.41. The molecule has 1 amide bonds. The molecule has 2 aromatic carbocycles. The molecule has 0 fully saturated rings. The first-order valence-electron chi connectivity index (χ1n) is 7.28. The van der Waals surface area contributed by atoms with Crippen LogP contribution in [0.25, 0.3) is 0 Å². The number of amides is 1. The van der Waals surface area contributed by atoms with Crippen molar-refractivity contribution in [2.75, 3.05) is 12.4 Å². The van der Waals surface area contributed by atoms with Gasteiger partial charge in [0.25, 0.3) is 5.91 Å². The van der Waals surface area contributed by atoms with E-state index < -0.39 is 11.7 Å². The van der Waals surface area contributed by atoms with Gasteiger partial charge in [-0.05, 0) is 30.3 Å². The second-order valence-corrected chi connectivity index (χ2v) is 6.22. The number of carbonyl (C=O) groups excluding carboxylic acids is 1. The van der Waals surface area contributed by atoms with Gasteiger partial charge in [0.1, 0.15) is 17.4 Å². The molecule has 24 heavy (non-hydrogen) atoms. The van der Waals surface area contributed by atoms with Gasteiger partial charge in [0.2, 0.25) is 0 Å². The van der Waals surface area contributed by atoms with Crippen molar-refractivity contribution in [2.45, 2.75) is 11.3 Å². The summed E-state index contributed by atoms with van der Waals surface area (Å²) in [7, 11) is 0. The Labute approximate surface area is 141 Å². The summed E-state index contributed by atoms with van der Waals surface area (Å²) in [4.78, 5) is 12.7. The van der Waals surface area contributed by atoms with Crippen LogP contribution in [0.5, 0.6) is 5.75 Å².